The summed E-state index contributed by atoms with van der Waals surface area (Å²) in [5.74, 6) is -0.329. The molecule has 0 spiro atoms. The van der Waals surface area contributed by atoms with Crippen molar-refractivity contribution in [2.45, 2.75) is 26.3 Å². The molecule has 18 heavy (non-hydrogen) atoms. The van der Waals surface area contributed by atoms with Gasteiger partial charge in [0.15, 0.2) is 0 Å². The summed E-state index contributed by atoms with van der Waals surface area (Å²) >= 11 is 0. The summed E-state index contributed by atoms with van der Waals surface area (Å²) in [4.78, 5) is 11.7. The molecule has 0 aliphatic rings. The Morgan fingerprint density at radius 2 is 2.11 bits per heavy atom. The van der Waals surface area contributed by atoms with E-state index < -0.39 is 0 Å². The lowest BCUT2D eigenvalue weighted by Gasteiger charge is -2.06. The van der Waals surface area contributed by atoms with Gasteiger partial charge in [0.2, 0.25) is 0 Å². The minimum atomic E-state index is -0.329. The molecule has 100 valence electrons. The Hall–Kier alpha value is -1.39. The van der Waals surface area contributed by atoms with Crippen molar-refractivity contribution < 1.29 is 14.3 Å². The third-order valence-corrected chi connectivity index (χ3v) is 2.50. The first-order chi connectivity index (χ1) is 8.77. The number of hydrogen-bond acceptors (Lipinski definition) is 4. The van der Waals surface area contributed by atoms with Crippen LogP contribution in [-0.4, -0.2) is 25.8 Å². The summed E-state index contributed by atoms with van der Waals surface area (Å²) in [7, 11) is 0. The summed E-state index contributed by atoms with van der Waals surface area (Å²) in [5, 5.41) is 0. The molecule has 0 unspecified atom stereocenters. The fourth-order valence-corrected chi connectivity index (χ4v) is 1.45. The molecule has 0 amide bonds. The summed E-state index contributed by atoms with van der Waals surface area (Å²) in [6.45, 7) is 3.98. The van der Waals surface area contributed by atoms with Gasteiger partial charge in [-0.2, -0.15) is 0 Å². The van der Waals surface area contributed by atoms with Crippen molar-refractivity contribution in [2.24, 2.45) is 5.73 Å². The van der Waals surface area contributed by atoms with Crippen molar-refractivity contribution in [2.75, 3.05) is 19.8 Å². The minimum absolute atomic E-state index is 0.287. The first kappa shape index (κ1) is 14.7. The minimum Gasteiger partial charge on any atom is -0.460 e. The average molecular weight is 251 g/mol. The predicted molar refractivity (Wildman–Crippen MR) is 70.3 cm³/mol. The van der Waals surface area contributed by atoms with E-state index in [4.69, 9.17) is 15.2 Å². The molecular weight excluding hydrogens is 230 g/mol. The first-order valence-electron chi connectivity index (χ1n) is 6.31. The molecule has 0 saturated carbocycles. The zero-order valence-corrected chi connectivity index (χ0v) is 10.9. The van der Waals surface area contributed by atoms with Gasteiger partial charge in [-0.25, -0.2) is 4.79 Å². The SMILES string of the molecule is CCCCOCCOC(=O)c1cccc(CN)c1. The number of ether oxygens (including phenoxy) is 2. The highest BCUT2D eigenvalue weighted by atomic mass is 16.6. The lowest BCUT2D eigenvalue weighted by Crippen LogP contribution is -2.11. The van der Waals surface area contributed by atoms with Crippen molar-refractivity contribution in [1.29, 1.82) is 0 Å². The molecule has 1 aromatic carbocycles. The summed E-state index contributed by atoms with van der Waals surface area (Å²) in [5.41, 5.74) is 6.97. The zero-order chi connectivity index (χ0) is 13.2. The van der Waals surface area contributed by atoms with Gasteiger partial charge in [-0.3, -0.25) is 0 Å². The maximum Gasteiger partial charge on any atom is 0.338 e. The Labute approximate surface area is 108 Å². The molecule has 0 radical (unpaired) electrons. The number of carbonyl (C=O) groups excluding carboxylic acids is 1. The highest BCUT2D eigenvalue weighted by Gasteiger charge is 2.06. The molecule has 0 saturated heterocycles. The third kappa shape index (κ3) is 5.29. The van der Waals surface area contributed by atoms with Crippen LogP contribution in [0.2, 0.25) is 0 Å². The number of rotatable bonds is 8. The van der Waals surface area contributed by atoms with Crippen molar-refractivity contribution in [1.82, 2.24) is 0 Å². The van der Waals surface area contributed by atoms with Crippen LogP contribution in [0.25, 0.3) is 0 Å². The van der Waals surface area contributed by atoms with Crippen LogP contribution in [0.1, 0.15) is 35.7 Å². The molecule has 0 heterocycles. The molecule has 0 atom stereocenters. The fourth-order valence-electron chi connectivity index (χ4n) is 1.45. The number of nitrogens with two attached hydrogens (primary N) is 1. The van der Waals surface area contributed by atoms with Gasteiger partial charge >= 0.3 is 5.97 Å². The van der Waals surface area contributed by atoms with Gasteiger partial charge in [0.25, 0.3) is 0 Å². The number of hydrogen-bond donors (Lipinski definition) is 1. The van der Waals surface area contributed by atoms with Crippen LogP contribution in [-0.2, 0) is 16.0 Å². The second-order valence-electron chi connectivity index (χ2n) is 4.01. The van der Waals surface area contributed by atoms with Gasteiger partial charge in [0.1, 0.15) is 6.61 Å². The number of benzene rings is 1. The molecule has 0 bridgehead atoms. The molecular formula is C14H21NO3. The highest BCUT2D eigenvalue weighted by Crippen LogP contribution is 2.06. The number of unbranched alkanes of at least 4 members (excludes halogenated alkanes) is 1. The Kier molecular flexibility index (Phi) is 7.06. The van der Waals surface area contributed by atoms with Gasteiger partial charge in [-0.05, 0) is 24.1 Å². The van der Waals surface area contributed by atoms with Crippen LogP contribution in [0, 0.1) is 0 Å². The maximum atomic E-state index is 11.7. The van der Waals surface area contributed by atoms with E-state index in [9.17, 15) is 4.79 Å². The van der Waals surface area contributed by atoms with Gasteiger partial charge in [-0.15, -0.1) is 0 Å². The Bertz CT molecular complexity index is 366. The van der Waals surface area contributed by atoms with E-state index in [1.54, 1.807) is 18.2 Å². The molecule has 2 N–H and O–H groups in total. The standard InChI is InChI=1S/C14H21NO3/c1-2-3-7-17-8-9-18-14(16)13-6-4-5-12(10-13)11-15/h4-6,10H,2-3,7-9,11,15H2,1H3. The monoisotopic (exact) mass is 251 g/mol. The van der Waals surface area contributed by atoms with Crippen LogP contribution in [0.15, 0.2) is 24.3 Å². The number of esters is 1. The molecule has 4 nitrogen and oxygen atoms in total. The molecule has 0 aliphatic carbocycles. The second kappa shape index (κ2) is 8.66. The molecule has 0 aromatic heterocycles. The van der Waals surface area contributed by atoms with E-state index in [0.29, 0.717) is 18.7 Å². The Balaban J connectivity index is 2.27. The lowest BCUT2D eigenvalue weighted by molar-refractivity contribution is 0.0313. The van der Waals surface area contributed by atoms with Gasteiger partial charge in [0, 0.05) is 13.2 Å². The van der Waals surface area contributed by atoms with Crippen molar-refractivity contribution in [3.05, 3.63) is 35.4 Å². The van der Waals surface area contributed by atoms with E-state index in [-0.39, 0.29) is 12.6 Å². The fraction of sp³-hybridized carbons (Fsp3) is 0.500. The predicted octanol–water partition coefficient (Wildman–Crippen LogP) is 2.12. The zero-order valence-electron chi connectivity index (χ0n) is 10.9. The van der Waals surface area contributed by atoms with Crippen molar-refractivity contribution in [3.8, 4) is 0 Å². The van der Waals surface area contributed by atoms with Crippen molar-refractivity contribution >= 4 is 5.97 Å². The normalized spacial score (nSPS) is 10.3. The lowest BCUT2D eigenvalue weighted by atomic mass is 10.1. The average Bonchev–Trinajstić information content (AvgIpc) is 2.42. The van der Waals surface area contributed by atoms with E-state index in [1.807, 2.05) is 6.07 Å². The van der Waals surface area contributed by atoms with Crippen LogP contribution in [0.3, 0.4) is 0 Å². The van der Waals surface area contributed by atoms with Crippen LogP contribution < -0.4 is 5.73 Å². The summed E-state index contributed by atoms with van der Waals surface area (Å²) in [6.07, 6.45) is 2.14. The first-order valence-corrected chi connectivity index (χ1v) is 6.31. The van der Waals surface area contributed by atoms with Gasteiger partial charge in [-0.1, -0.05) is 25.5 Å². The van der Waals surface area contributed by atoms with E-state index in [2.05, 4.69) is 6.92 Å². The molecule has 4 heteroatoms. The smallest absolute Gasteiger partial charge is 0.338 e. The van der Waals surface area contributed by atoms with Crippen LogP contribution in [0.5, 0.6) is 0 Å². The number of carbonyl (C=O) groups is 1. The second-order valence-corrected chi connectivity index (χ2v) is 4.01. The van der Waals surface area contributed by atoms with Crippen LogP contribution >= 0.6 is 0 Å². The molecule has 0 fully saturated rings. The van der Waals surface area contributed by atoms with Crippen LogP contribution in [0.4, 0.5) is 0 Å². The van der Waals surface area contributed by atoms with E-state index in [1.165, 1.54) is 0 Å². The summed E-state index contributed by atoms with van der Waals surface area (Å²) in [6, 6.07) is 7.15. The van der Waals surface area contributed by atoms with Crippen molar-refractivity contribution in [3.63, 3.8) is 0 Å². The maximum absolute atomic E-state index is 11.7. The van der Waals surface area contributed by atoms with E-state index >= 15 is 0 Å². The molecule has 1 rings (SSSR count). The topological polar surface area (TPSA) is 61.5 Å². The molecule has 0 aliphatic heterocycles. The van der Waals surface area contributed by atoms with Gasteiger partial charge < -0.3 is 15.2 Å². The van der Waals surface area contributed by atoms with Gasteiger partial charge in [0.05, 0.1) is 12.2 Å². The largest absolute Gasteiger partial charge is 0.460 e. The Morgan fingerprint density at radius 1 is 1.28 bits per heavy atom. The highest BCUT2D eigenvalue weighted by molar-refractivity contribution is 5.89. The summed E-state index contributed by atoms with van der Waals surface area (Å²) < 4.78 is 10.4. The quantitative estimate of drug-likeness (QED) is 0.568. The third-order valence-electron chi connectivity index (χ3n) is 2.50. The Morgan fingerprint density at radius 3 is 2.83 bits per heavy atom. The van der Waals surface area contributed by atoms with E-state index in [0.717, 1.165) is 25.0 Å². The molecule has 1 aromatic rings.